The zero-order chi connectivity index (χ0) is 14.8. The Bertz CT molecular complexity index is 805. The van der Waals surface area contributed by atoms with Crippen LogP contribution in [0.5, 0.6) is 11.6 Å². The van der Waals surface area contributed by atoms with Crippen molar-refractivity contribution in [3.05, 3.63) is 65.9 Å². The fourth-order valence-electron chi connectivity index (χ4n) is 2.12. The van der Waals surface area contributed by atoms with Crippen LogP contribution >= 0.6 is 0 Å². The molecule has 1 aromatic heterocycles. The predicted molar refractivity (Wildman–Crippen MR) is 76.1 cm³/mol. The Morgan fingerprint density at radius 1 is 1.00 bits per heavy atom. The summed E-state index contributed by atoms with van der Waals surface area (Å²) >= 11 is 0. The molecule has 0 fully saturated rings. The largest absolute Gasteiger partial charge is 0.438 e. The Kier molecular flexibility index (Phi) is 3.50. The third kappa shape index (κ3) is 2.55. The fraction of sp³-hybridized carbons (Fsp3) is 0.0625. The predicted octanol–water partition coefficient (Wildman–Crippen LogP) is 3.76. The van der Waals surface area contributed by atoms with Gasteiger partial charge in [-0.3, -0.25) is 0 Å². The van der Waals surface area contributed by atoms with Gasteiger partial charge in [0.2, 0.25) is 5.88 Å². The Labute approximate surface area is 120 Å². The molecule has 0 radical (unpaired) electrons. The van der Waals surface area contributed by atoms with Gasteiger partial charge in [0, 0.05) is 24.2 Å². The van der Waals surface area contributed by atoms with Crippen molar-refractivity contribution in [1.82, 2.24) is 4.98 Å². The zero-order valence-corrected chi connectivity index (χ0v) is 11.0. The van der Waals surface area contributed by atoms with Crippen LogP contribution in [0.4, 0.5) is 8.78 Å². The van der Waals surface area contributed by atoms with E-state index < -0.39 is 11.6 Å². The second-order valence-electron chi connectivity index (χ2n) is 4.52. The van der Waals surface area contributed by atoms with Gasteiger partial charge in [-0.1, -0.05) is 18.2 Å². The molecule has 0 bridgehead atoms. The van der Waals surface area contributed by atoms with Gasteiger partial charge in [-0.15, -0.1) is 0 Å². The summed E-state index contributed by atoms with van der Waals surface area (Å²) in [6.07, 6.45) is 1.62. The molecule has 0 saturated carbocycles. The van der Waals surface area contributed by atoms with E-state index in [9.17, 15) is 8.78 Å². The van der Waals surface area contributed by atoms with Crippen molar-refractivity contribution in [3.8, 4) is 11.6 Å². The van der Waals surface area contributed by atoms with Gasteiger partial charge in [-0.25, -0.2) is 13.8 Å². The molecule has 0 saturated heterocycles. The number of pyridine rings is 1. The summed E-state index contributed by atoms with van der Waals surface area (Å²) in [6, 6.07) is 10.9. The van der Waals surface area contributed by atoms with E-state index in [-0.39, 0.29) is 5.75 Å². The minimum absolute atomic E-state index is 0.187. The molecule has 3 rings (SSSR count). The quantitative estimate of drug-likeness (QED) is 0.797. The lowest BCUT2D eigenvalue weighted by atomic mass is 10.1. The molecule has 2 N–H and O–H groups in total. The average Bonchev–Trinajstić information content (AvgIpc) is 2.51. The van der Waals surface area contributed by atoms with E-state index in [0.29, 0.717) is 12.4 Å². The van der Waals surface area contributed by atoms with E-state index >= 15 is 0 Å². The Hall–Kier alpha value is -2.53. The Morgan fingerprint density at radius 3 is 2.48 bits per heavy atom. The van der Waals surface area contributed by atoms with Gasteiger partial charge < -0.3 is 10.5 Å². The van der Waals surface area contributed by atoms with Gasteiger partial charge in [-0.2, -0.15) is 0 Å². The number of fused-ring (bicyclic) bond motifs is 1. The highest BCUT2D eigenvalue weighted by atomic mass is 19.2. The lowest BCUT2D eigenvalue weighted by molar-refractivity contribution is 0.452. The van der Waals surface area contributed by atoms with Crippen LogP contribution in [0.3, 0.4) is 0 Å². The van der Waals surface area contributed by atoms with Crippen LogP contribution in [0, 0.1) is 11.6 Å². The summed E-state index contributed by atoms with van der Waals surface area (Å²) in [4.78, 5) is 4.21. The number of hydrogen-bond acceptors (Lipinski definition) is 3. The first kappa shape index (κ1) is 13.5. The van der Waals surface area contributed by atoms with E-state index in [1.807, 2.05) is 24.3 Å². The summed E-state index contributed by atoms with van der Waals surface area (Å²) in [5.41, 5.74) is 6.57. The van der Waals surface area contributed by atoms with E-state index in [0.717, 1.165) is 28.5 Å². The molecule has 21 heavy (non-hydrogen) atoms. The lowest BCUT2D eigenvalue weighted by Crippen LogP contribution is -2.00. The van der Waals surface area contributed by atoms with Gasteiger partial charge >= 0.3 is 0 Å². The van der Waals surface area contributed by atoms with E-state index in [1.54, 1.807) is 6.20 Å². The maximum atomic E-state index is 13.2. The van der Waals surface area contributed by atoms with Gasteiger partial charge in [0.25, 0.3) is 0 Å². The Morgan fingerprint density at radius 2 is 1.76 bits per heavy atom. The first-order valence-electron chi connectivity index (χ1n) is 6.38. The van der Waals surface area contributed by atoms with Crippen molar-refractivity contribution in [1.29, 1.82) is 0 Å². The molecule has 0 unspecified atom stereocenters. The minimum atomic E-state index is -0.963. The number of nitrogens with zero attached hydrogens (tertiary/aromatic N) is 1. The number of rotatable bonds is 3. The number of aromatic nitrogens is 1. The third-order valence-electron chi connectivity index (χ3n) is 3.17. The number of hydrogen-bond donors (Lipinski definition) is 1. The molecular weight excluding hydrogens is 274 g/mol. The van der Waals surface area contributed by atoms with Crippen molar-refractivity contribution in [2.75, 3.05) is 0 Å². The maximum absolute atomic E-state index is 13.2. The van der Waals surface area contributed by atoms with E-state index in [2.05, 4.69) is 4.98 Å². The molecule has 0 amide bonds. The molecule has 106 valence electrons. The van der Waals surface area contributed by atoms with Crippen LogP contribution in [0.1, 0.15) is 5.56 Å². The molecule has 5 heteroatoms. The zero-order valence-electron chi connectivity index (χ0n) is 11.0. The summed E-state index contributed by atoms with van der Waals surface area (Å²) in [5, 5.41) is 1.69. The molecule has 0 atom stereocenters. The first-order valence-corrected chi connectivity index (χ1v) is 6.38. The molecule has 0 aliphatic heterocycles. The summed E-state index contributed by atoms with van der Waals surface area (Å²) < 4.78 is 31.7. The van der Waals surface area contributed by atoms with Crippen molar-refractivity contribution in [2.45, 2.75) is 6.54 Å². The molecule has 0 spiro atoms. The first-order chi connectivity index (χ1) is 10.2. The van der Waals surface area contributed by atoms with Crippen LogP contribution < -0.4 is 10.5 Å². The highest BCUT2D eigenvalue weighted by Crippen LogP contribution is 2.30. The maximum Gasteiger partial charge on any atom is 0.227 e. The van der Waals surface area contributed by atoms with Gasteiger partial charge in [0.15, 0.2) is 11.6 Å². The van der Waals surface area contributed by atoms with E-state index in [4.69, 9.17) is 10.5 Å². The number of ether oxygens (including phenoxy) is 1. The fourth-order valence-corrected chi connectivity index (χ4v) is 2.12. The van der Waals surface area contributed by atoms with Crippen molar-refractivity contribution >= 4 is 10.8 Å². The van der Waals surface area contributed by atoms with Gasteiger partial charge in [0.1, 0.15) is 5.75 Å². The normalized spacial score (nSPS) is 10.8. The summed E-state index contributed by atoms with van der Waals surface area (Å²) in [6.45, 7) is 0.360. The van der Waals surface area contributed by atoms with Gasteiger partial charge in [0.05, 0.1) is 0 Å². The van der Waals surface area contributed by atoms with Crippen LogP contribution in [0.2, 0.25) is 0 Å². The molecule has 1 heterocycles. The smallest absolute Gasteiger partial charge is 0.227 e. The standard InChI is InChI=1S/C16H12F2N2O/c17-14-6-5-11(7-15(14)18)21-16-13-4-2-1-3-12(13)10(8-19)9-20-16/h1-7,9H,8,19H2. The summed E-state index contributed by atoms with van der Waals surface area (Å²) in [5.74, 6) is -1.37. The van der Waals surface area contributed by atoms with E-state index in [1.165, 1.54) is 6.07 Å². The molecular formula is C16H12F2N2O. The van der Waals surface area contributed by atoms with Crippen molar-refractivity contribution in [2.24, 2.45) is 5.73 Å². The Balaban J connectivity index is 2.06. The van der Waals surface area contributed by atoms with Gasteiger partial charge in [-0.05, 0) is 29.1 Å². The molecule has 2 aromatic carbocycles. The topological polar surface area (TPSA) is 48.1 Å². The number of halogens is 2. The monoisotopic (exact) mass is 286 g/mol. The second-order valence-corrected chi connectivity index (χ2v) is 4.52. The minimum Gasteiger partial charge on any atom is -0.438 e. The second kappa shape index (κ2) is 5.46. The third-order valence-corrected chi connectivity index (χ3v) is 3.17. The van der Waals surface area contributed by atoms with Crippen LogP contribution in [-0.4, -0.2) is 4.98 Å². The molecule has 3 aromatic rings. The number of benzene rings is 2. The average molecular weight is 286 g/mol. The van der Waals surface area contributed by atoms with Crippen LogP contribution in [-0.2, 0) is 6.54 Å². The van der Waals surface area contributed by atoms with Crippen molar-refractivity contribution in [3.63, 3.8) is 0 Å². The van der Waals surface area contributed by atoms with Crippen molar-refractivity contribution < 1.29 is 13.5 Å². The molecule has 0 aliphatic rings. The molecule has 0 aliphatic carbocycles. The SMILES string of the molecule is NCc1cnc(Oc2ccc(F)c(F)c2)c2ccccc12. The molecule has 3 nitrogen and oxygen atoms in total. The highest BCUT2D eigenvalue weighted by Gasteiger charge is 2.10. The number of nitrogens with two attached hydrogens (primary N) is 1. The van der Waals surface area contributed by atoms with Crippen LogP contribution in [0.15, 0.2) is 48.7 Å². The van der Waals surface area contributed by atoms with Crippen LogP contribution in [0.25, 0.3) is 10.8 Å². The highest BCUT2D eigenvalue weighted by molar-refractivity contribution is 5.89. The lowest BCUT2D eigenvalue weighted by Gasteiger charge is -2.10. The summed E-state index contributed by atoms with van der Waals surface area (Å²) in [7, 11) is 0.